The zero-order chi connectivity index (χ0) is 15.4. The van der Waals surface area contributed by atoms with Crippen LogP contribution >= 0.6 is 15.9 Å². The van der Waals surface area contributed by atoms with E-state index in [1.807, 2.05) is 31.2 Å². The fourth-order valence-electron chi connectivity index (χ4n) is 2.02. The summed E-state index contributed by atoms with van der Waals surface area (Å²) in [5, 5.41) is 9.87. The highest BCUT2D eigenvalue weighted by molar-refractivity contribution is 9.10. The van der Waals surface area contributed by atoms with Gasteiger partial charge in [-0.15, -0.1) is 0 Å². The summed E-state index contributed by atoms with van der Waals surface area (Å²) in [5.74, 6) is -0.216. The summed E-state index contributed by atoms with van der Waals surface area (Å²) in [6.45, 7) is 2.93. The Morgan fingerprint density at radius 1 is 1.24 bits per heavy atom. The summed E-state index contributed by atoms with van der Waals surface area (Å²) in [6, 6.07) is 12.2. The summed E-state index contributed by atoms with van der Waals surface area (Å²) >= 11 is 3.31. The quantitative estimate of drug-likeness (QED) is 0.832. The number of phenolic OH excluding ortho intramolecular Hbond substituents is 1. The Morgan fingerprint density at radius 3 is 2.52 bits per heavy atom. The van der Waals surface area contributed by atoms with Crippen molar-refractivity contribution in [1.82, 2.24) is 4.90 Å². The average Bonchev–Trinajstić information content (AvgIpc) is 2.48. The highest BCUT2D eigenvalue weighted by Gasteiger charge is 2.18. The van der Waals surface area contributed by atoms with Crippen LogP contribution in [0.2, 0.25) is 0 Å². The van der Waals surface area contributed by atoms with Crippen LogP contribution in [0, 0.1) is 0 Å². The maximum absolute atomic E-state index is 12.5. The van der Waals surface area contributed by atoms with Gasteiger partial charge in [-0.05, 0) is 42.8 Å². The Hall–Kier alpha value is -2.01. The molecule has 0 aliphatic heterocycles. The number of anilines is 1. The van der Waals surface area contributed by atoms with Crippen LogP contribution < -0.4 is 5.73 Å². The monoisotopic (exact) mass is 348 g/mol. The summed E-state index contributed by atoms with van der Waals surface area (Å²) < 4.78 is 0.757. The van der Waals surface area contributed by atoms with Gasteiger partial charge >= 0.3 is 0 Å². The van der Waals surface area contributed by atoms with Crippen molar-refractivity contribution in [3.8, 4) is 5.75 Å². The highest BCUT2D eigenvalue weighted by atomic mass is 79.9. The molecule has 1 amide bonds. The molecule has 2 aromatic rings. The molecule has 4 nitrogen and oxygen atoms in total. The molecule has 0 fully saturated rings. The molecule has 0 radical (unpaired) electrons. The largest absolute Gasteiger partial charge is 0.507 e. The Kier molecular flexibility index (Phi) is 4.85. The zero-order valence-corrected chi connectivity index (χ0v) is 13.3. The van der Waals surface area contributed by atoms with E-state index in [9.17, 15) is 9.90 Å². The number of benzene rings is 2. The van der Waals surface area contributed by atoms with Crippen LogP contribution in [-0.2, 0) is 6.54 Å². The standard InChI is InChI=1S/C16H17BrN2O2/c1-2-19(10-11-3-6-13(18)7-4-11)16(21)14-9-12(17)5-8-15(14)20/h3-9,20H,2,10,18H2,1H3. The second-order valence-electron chi connectivity index (χ2n) is 4.72. The van der Waals surface area contributed by atoms with Gasteiger partial charge in [-0.3, -0.25) is 4.79 Å². The number of hydrogen-bond acceptors (Lipinski definition) is 3. The third kappa shape index (κ3) is 3.76. The number of rotatable bonds is 4. The molecule has 0 atom stereocenters. The van der Waals surface area contributed by atoms with Gasteiger partial charge in [0.05, 0.1) is 5.56 Å². The number of aromatic hydroxyl groups is 1. The lowest BCUT2D eigenvalue weighted by molar-refractivity contribution is 0.0749. The topological polar surface area (TPSA) is 66.6 Å². The fraction of sp³-hybridized carbons (Fsp3) is 0.188. The van der Waals surface area contributed by atoms with Crippen molar-refractivity contribution in [2.24, 2.45) is 0 Å². The molecule has 0 spiro atoms. The molecule has 21 heavy (non-hydrogen) atoms. The lowest BCUT2D eigenvalue weighted by atomic mass is 10.1. The van der Waals surface area contributed by atoms with Crippen molar-refractivity contribution in [3.05, 3.63) is 58.1 Å². The number of hydrogen-bond donors (Lipinski definition) is 2. The number of nitrogen functional groups attached to an aromatic ring is 1. The normalized spacial score (nSPS) is 10.4. The Balaban J connectivity index is 2.22. The molecule has 0 aromatic heterocycles. The van der Waals surface area contributed by atoms with Crippen LogP contribution in [0.25, 0.3) is 0 Å². The Morgan fingerprint density at radius 2 is 1.90 bits per heavy atom. The first kappa shape index (κ1) is 15.4. The first-order valence-corrected chi connectivity index (χ1v) is 7.42. The molecule has 0 heterocycles. The number of nitrogens with zero attached hydrogens (tertiary/aromatic N) is 1. The average molecular weight is 349 g/mol. The van der Waals surface area contributed by atoms with Crippen LogP contribution in [0.5, 0.6) is 5.75 Å². The molecule has 0 saturated carbocycles. The van der Waals surface area contributed by atoms with Gasteiger partial charge in [0.2, 0.25) is 0 Å². The molecule has 5 heteroatoms. The van der Waals surface area contributed by atoms with Gasteiger partial charge in [0.25, 0.3) is 5.91 Å². The molecular weight excluding hydrogens is 332 g/mol. The SMILES string of the molecule is CCN(Cc1ccc(N)cc1)C(=O)c1cc(Br)ccc1O. The predicted molar refractivity (Wildman–Crippen MR) is 87.1 cm³/mol. The van der Waals surface area contributed by atoms with Crippen molar-refractivity contribution in [3.63, 3.8) is 0 Å². The molecule has 3 N–H and O–H groups in total. The van der Waals surface area contributed by atoms with Crippen LogP contribution in [0.1, 0.15) is 22.8 Å². The first-order valence-electron chi connectivity index (χ1n) is 6.63. The minimum atomic E-state index is -0.201. The van der Waals surface area contributed by atoms with Crippen molar-refractivity contribution >= 4 is 27.5 Å². The predicted octanol–water partition coefficient (Wildman–Crippen LogP) is 3.40. The third-order valence-electron chi connectivity index (χ3n) is 3.21. The van der Waals surface area contributed by atoms with E-state index >= 15 is 0 Å². The second kappa shape index (κ2) is 6.63. The lowest BCUT2D eigenvalue weighted by Gasteiger charge is -2.21. The van der Waals surface area contributed by atoms with E-state index in [1.54, 1.807) is 17.0 Å². The highest BCUT2D eigenvalue weighted by Crippen LogP contribution is 2.24. The Labute approximate surface area is 132 Å². The summed E-state index contributed by atoms with van der Waals surface area (Å²) in [6.07, 6.45) is 0. The van der Waals surface area contributed by atoms with E-state index in [0.717, 1.165) is 10.0 Å². The van der Waals surface area contributed by atoms with Gasteiger partial charge in [0.15, 0.2) is 0 Å². The molecule has 110 valence electrons. The van der Waals surface area contributed by atoms with Gasteiger partial charge in [0, 0.05) is 23.2 Å². The van der Waals surface area contributed by atoms with Gasteiger partial charge in [-0.25, -0.2) is 0 Å². The van der Waals surface area contributed by atoms with E-state index in [-0.39, 0.29) is 11.7 Å². The molecule has 2 rings (SSSR count). The van der Waals surface area contributed by atoms with E-state index in [0.29, 0.717) is 24.3 Å². The fourth-order valence-corrected chi connectivity index (χ4v) is 2.38. The van der Waals surface area contributed by atoms with E-state index in [1.165, 1.54) is 6.07 Å². The smallest absolute Gasteiger partial charge is 0.257 e. The summed E-state index contributed by atoms with van der Waals surface area (Å²) in [5.41, 5.74) is 7.64. The molecule has 0 aliphatic rings. The number of amides is 1. The third-order valence-corrected chi connectivity index (χ3v) is 3.70. The molecule has 0 unspecified atom stereocenters. The van der Waals surface area contributed by atoms with Gasteiger partial charge < -0.3 is 15.7 Å². The van der Waals surface area contributed by atoms with Crippen LogP contribution in [0.3, 0.4) is 0 Å². The van der Waals surface area contributed by atoms with Gasteiger partial charge in [-0.1, -0.05) is 28.1 Å². The van der Waals surface area contributed by atoms with Crippen molar-refractivity contribution < 1.29 is 9.90 Å². The zero-order valence-electron chi connectivity index (χ0n) is 11.7. The van der Waals surface area contributed by atoms with Crippen LogP contribution in [0.4, 0.5) is 5.69 Å². The summed E-state index contributed by atoms with van der Waals surface area (Å²) in [4.78, 5) is 14.2. The number of carbonyl (C=O) groups is 1. The number of carbonyl (C=O) groups excluding carboxylic acids is 1. The molecule has 0 saturated heterocycles. The first-order chi connectivity index (χ1) is 10.0. The van der Waals surface area contributed by atoms with Crippen molar-refractivity contribution in [1.29, 1.82) is 0 Å². The van der Waals surface area contributed by atoms with E-state index in [2.05, 4.69) is 15.9 Å². The number of phenols is 1. The Bertz CT molecular complexity index is 641. The molecule has 0 bridgehead atoms. The number of halogens is 1. The second-order valence-corrected chi connectivity index (χ2v) is 5.64. The molecule has 0 aliphatic carbocycles. The number of nitrogens with two attached hydrogens (primary N) is 1. The molecular formula is C16H17BrN2O2. The van der Waals surface area contributed by atoms with Crippen molar-refractivity contribution in [2.75, 3.05) is 12.3 Å². The van der Waals surface area contributed by atoms with Crippen LogP contribution in [0.15, 0.2) is 46.9 Å². The van der Waals surface area contributed by atoms with E-state index < -0.39 is 0 Å². The van der Waals surface area contributed by atoms with Crippen molar-refractivity contribution in [2.45, 2.75) is 13.5 Å². The minimum Gasteiger partial charge on any atom is -0.507 e. The van der Waals surface area contributed by atoms with E-state index in [4.69, 9.17) is 5.73 Å². The minimum absolute atomic E-state index is 0.0149. The molecule has 2 aromatic carbocycles. The van der Waals surface area contributed by atoms with Crippen LogP contribution in [-0.4, -0.2) is 22.5 Å². The van der Waals surface area contributed by atoms with Gasteiger partial charge in [-0.2, -0.15) is 0 Å². The van der Waals surface area contributed by atoms with Gasteiger partial charge in [0.1, 0.15) is 5.75 Å². The lowest BCUT2D eigenvalue weighted by Crippen LogP contribution is -2.30. The summed E-state index contributed by atoms with van der Waals surface area (Å²) in [7, 11) is 0. The maximum Gasteiger partial charge on any atom is 0.257 e. The maximum atomic E-state index is 12.5.